The summed E-state index contributed by atoms with van der Waals surface area (Å²) < 4.78 is 0. The number of carbonyl (C=O) groups is 1. The van der Waals surface area contributed by atoms with Gasteiger partial charge in [0.2, 0.25) is 0 Å². The summed E-state index contributed by atoms with van der Waals surface area (Å²) in [7, 11) is 0. The Morgan fingerprint density at radius 2 is 1.97 bits per heavy atom. The van der Waals surface area contributed by atoms with Crippen molar-refractivity contribution in [3.63, 3.8) is 0 Å². The molecule has 0 spiro atoms. The fourth-order valence-corrected chi connectivity index (χ4v) is 5.43. The number of piperidine rings is 1. The molecule has 0 unspecified atom stereocenters. The summed E-state index contributed by atoms with van der Waals surface area (Å²) >= 11 is 1.88. The first-order valence-electron chi connectivity index (χ1n) is 11.2. The van der Waals surface area contributed by atoms with Crippen molar-refractivity contribution in [3.8, 4) is 0 Å². The largest absolute Gasteiger partial charge is 0.365 e. The monoisotopic (exact) mass is 423 g/mol. The van der Waals surface area contributed by atoms with Crippen LogP contribution < -0.4 is 10.2 Å². The van der Waals surface area contributed by atoms with Crippen LogP contribution >= 0.6 is 11.8 Å². The van der Waals surface area contributed by atoms with E-state index in [0.717, 1.165) is 37.5 Å². The molecule has 2 heterocycles. The van der Waals surface area contributed by atoms with Crippen LogP contribution in [0.4, 0.5) is 5.69 Å². The Kier molecular flexibility index (Phi) is 7.00. The standard InChI is InChI=1S/C25H33N3OS/c1-19-6-8-21(9-7-19)18-28-15-16-30-24-11-10-22(17-23(24)28)25(29)26-12-14-27-13-4-3-5-20(27)2/h6-11,17,20H,3-5,12-16,18H2,1-2H3,(H,26,29)/t20-/m1/s1. The number of carbonyl (C=O) groups excluding carboxylic acids is 1. The molecule has 30 heavy (non-hydrogen) atoms. The number of anilines is 1. The fraction of sp³-hybridized carbons (Fsp3) is 0.480. The molecule has 1 saturated heterocycles. The first kappa shape index (κ1) is 21.3. The van der Waals surface area contributed by atoms with E-state index in [4.69, 9.17) is 0 Å². The van der Waals surface area contributed by atoms with E-state index in [1.165, 1.54) is 41.0 Å². The van der Waals surface area contributed by atoms with Gasteiger partial charge in [0.05, 0.1) is 5.69 Å². The van der Waals surface area contributed by atoms with Crippen LogP contribution in [-0.2, 0) is 6.54 Å². The summed E-state index contributed by atoms with van der Waals surface area (Å²) in [5.41, 5.74) is 4.54. The van der Waals surface area contributed by atoms with Gasteiger partial charge in [-0.1, -0.05) is 36.2 Å². The van der Waals surface area contributed by atoms with Crippen LogP contribution in [0.5, 0.6) is 0 Å². The maximum atomic E-state index is 12.8. The minimum absolute atomic E-state index is 0.0355. The molecule has 1 amide bonds. The maximum Gasteiger partial charge on any atom is 0.251 e. The van der Waals surface area contributed by atoms with Gasteiger partial charge in [-0.3, -0.25) is 9.69 Å². The van der Waals surface area contributed by atoms with Crippen molar-refractivity contribution < 1.29 is 4.79 Å². The number of likely N-dealkylation sites (tertiary alicyclic amines) is 1. The molecule has 0 radical (unpaired) electrons. The Morgan fingerprint density at radius 3 is 2.77 bits per heavy atom. The number of rotatable bonds is 6. The number of fused-ring (bicyclic) bond motifs is 1. The molecule has 1 atom stereocenters. The molecule has 4 nitrogen and oxygen atoms in total. The van der Waals surface area contributed by atoms with Gasteiger partial charge in [-0.25, -0.2) is 0 Å². The van der Waals surface area contributed by atoms with E-state index in [9.17, 15) is 4.79 Å². The molecule has 2 aliphatic heterocycles. The molecule has 2 aromatic rings. The lowest BCUT2D eigenvalue weighted by Gasteiger charge is -2.33. The minimum Gasteiger partial charge on any atom is -0.365 e. The van der Waals surface area contributed by atoms with Crippen LogP contribution in [0.3, 0.4) is 0 Å². The number of amides is 1. The summed E-state index contributed by atoms with van der Waals surface area (Å²) in [5, 5.41) is 3.14. The summed E-state index contributed by atoms with van der Waals surface area (Å²) in [6, 6.07) is 15.5. The highest BCUT2D eigenvalue weighted by atomic mass is 32.2. The third-order valence-electron chi connectivity index (χ3n) is 6.30. The lowest BCUT2D eigenvalue weighted by molar-refractivity contribution is 0.0938. The molecule has 0 saturated carbocycles. The first-order chi connectivity index (χ1) is 14.6. The van der Waals surface area contributed by atoms with Crippen LogP contribution in [0.25, 0.3) is 0 Å². The summed E-state index contributed by atoms with van der Waals surface area (Å²) in [4.78, 5) is 19.0. The zero-order valence-electron chi connectivity index (χ0n) is 18.2. The quantitative estimate of drug-likeness (QED) is 0.730. The number of thioether (sulfide) groups is 1. The molecule has 2 aromatic carbocycles. The highest BCUT2D eigenvalue weighted by Gasteiger charge is 2.21. The van der Waals surface area contributed by atoms with Gasteiger partial charge < -0.3 is 10.2 Å². The molecular formula is C25H33N3OS. The van der Waals surface area contributed by atoms with Crippen molar-refractivity contribution in [2.45, 2.75) is 50.6 Å². The molecule has 5 heteroatoms. The number of aryl methyl sites for hydroxylation is 1. The second-order valence-electron chi connectivity index (χ2n) is 8.57. The van der Waals surface area contributed by atoms with Gasteiger partial charge in [-0.15, -0.1) is 11.8 Å². The third-order valence-corrected chi connectivity index (χ3v) is 7.34. The van der Waals surface area contributed by atoms with Crippen LogP contribution in [0, 0.1) is 6.92 Å². The van der Waals surface area contributed by atoms with E-state index in [1.54, 1.807) is 0 Å². The zero-order chi connectivity index (χ0) is 20.9. The van der Waals surface area contributed by atoms with Crippen LogP contribution in [0.1, 0.15) is 47.7 Å². The molecule has 2 aliphatic rings. The minimum atomic E-state index is 0.0355. The van der Waals surface area contributed by atoms with E-state index >= 15 is 0 Å². The second kappa shape index (κ2) is 9.88. The van der Waals surface area contributed by atoms with E-state index in [-0.39, 0.29) is 5.91 Å². The fourth-order valence-electron chi connectivity index (χ4n) is 4.40. The maximum absolute atomic E-state index is 12.8. The van der Waals surface area contributed by atoms with Crippen molar-refractivity contribution in [1.29, 1.82) is 0 Å². The van der Waals surface area contributed by atoms with Gasteiger partial charge in [0.15, 0.2) is 0 Å². The van der Waals surface area contributed by atoms with Crippen LogP contribution in [0.15, 0.2) is 47.4 Å². The molecule has 0 bridgehead atoms. The summed E-state index contributed by atoms with van der Waals surface area (Å²) in [6.07, 6.45) is 3.88. The summed E-state index contributed by atoms with van der Waals surface area (Å²) in [6.45, 7) is 9.10. The van der Waals surface area contributed by atoms with Gasteiger partial charge in [0.25, 0.3) is 5.91 Å². The molecule has 1 N–H and O–H groups in total. The first-order valence-corrected chi connectivity index (χ1v) is 12.2. The third kappa shape index (κ3) is 5.19. The van der Waals surface area contributed by atoms with Gasteiger partial charge in [0.1, 0.15) is 0 Å². The Morgan fingerprint density at radius 1 is 1.13 bits per heavy atom. The second-order valence-corrected chi connectivity index (χ2v) is 9.71. The van der Waals surface area contributed by atoms with E-state index in [0.29, 0.717) is 12.6 Å². The predicted molar refractivity (Wildman–Crippen MR) is 127 cm³/mol. The average Bonchev–Trinajstić information content (AvgIpc) is 2.76. The molecule has 0 aromatic heterocycles. The predicted octanol–water partition coefficient (Wildman–Crippen LogP) is 4.71. The van der Waals surface area contributed by atoms with Gasteiger partial charge >= 0.3 is 0 Å². The number of benzene rings is 2. The Labute approximate surface area is 185 Å². The SMILES string of the molecule is Cc1ccc(CN2CCSc3ccc(C(=O)NCCN4CCCC[C@H]4C)cc32)cc1. The van der Waals surface area contributed by atoms with Crippen LogP contribution in [0.2, 0.25) is 0 Å². The lowest BCUT2D eigenvalue weighted by atomic mass is 10.0. The Balaban J connectivity index is 1.40. The highest BCUT2D eigenvalue weighted by Crippen LogP contribution is 2.36. The number of hydrogen-bond acceptors (Lipinski definition) is 4. The Hall–Kier alpha value is -1.98. The topological polar surface area (TPSA) is 35.6 Å². The lowest BCUT2D eigenvalue weighted by Crippen LogP contribution is -2.42. The Bertz CT molecular complexity index is 867. The molecule has 160 valence electrons. The molecular weight excluding hydrogens is 390 g/mol. The van der Waals surface area contributed by atoms with Gasteiger partial charge in [-0.2, -0.15) is 0 Å². The number of nitrogens with one attached hydrogen (secondary N) is 1. The molecule has 0 aliphatic carbocycles. The molecule has 1 fully saturated rings. The highest BCUT2D eigenvalue weighted by molar-refractivity contribution is 7.99. The van der Waals surface area contributed by atoms with Crippen molar-refractivity contribution in [3.05, 3.63) is 59.2 Å². The van der Waals surface area contributed by atoms with E-state index in [1.807, 2.05) is 17.8 Å². The van der Waals surface area contributed by atoms with Crippen LogP contribution in [-0.4, -0.2) is 48.8 Å². The average molecular weight is 424 g/mol. The van der Waals surface area contributed by atoms with E-state index in [2.05, 4.69) is 65.4 Å². The van der Waals surface area contributed by atoms with Crippen molar-refractivity contribution in [2.75, 3.05) is 36.8 Å². The molecule has 4 rings (SSSR count). The number of hydrogen-bond donors (Lipinski definition) is 1. The van der Waals surface area contributed by atoms with Gasteiger partial charge in [0, 0.05) is 48.4 Å². The van der Waals surface area contributed by atoms with Crippen molar-refractivity contribution in [2.24, 2.45) is 0 Å². The smallest absolute Gasteiger partial charge is 0.251 e. The van der Waals surface area contributed by atoms with E-state index < -0.39 is 0 Å². The number of nitrogens with zero attached hydrogens (tertiary/aromatic N) is 2. The van der Waals surface area contributed by atoms with Crippen molar-refractivity contribution in [1.82, 2.24) is 10.2 Å². The summed E-state index contributed by atoms with van der Waals surface area (Å²) in [5.74, 6) is 1.12. The van der Waals surface area contributed by atoms with Gasteiger partial charge in [-0.05, 0) is 57.0 Å². The van der Waals surface area contributed by atoms with Crippen molar-refractivity contribution >= 4 is 23.4 Å². The zero-order valence-corrected chi connectivity index (χ0v) is 19.0. The normalized spacial score (nSPS) is 19.4.